The maximum absolute atomic E-state index is 13.2. The molecule has 3 aliphatic rings. The maximum Gasteiger partial charge on any atom is 0.230 e. The number of carbonyl (C=O) groups excluding carboxylic acids is 1. The molecular formula is C21H26N4O2. The van der Waals surface area contributed by atoms with Gasteiger partial charge in [0.15, 0.2) is 5.82 Å². The minimum atomic E-state index is 0.0254. The van der Waals surface area contributed by atoms with E-state index in [1.54, 1.807) is 0 Å². The van der Waals surface area contributed by atoms with Gasteiger partial charge >= 0.3 is 0 Å². The van der Waals surface area contributed by atoms with Crippen LogP contribution in [0.25, 0.3) is 0 Å². The Hall–Kier alpha value is -2.21. The fourth-order valence-electron chi connectivity index (χ4n) is 4.70. The van der Waals surface area contributed by atoms with Crippen LogP contribution in [-0.2, 0) is 28.9 Å². The van der Waals surface area contributed by atoms with Crippen LogP contribution in [0.1, 0.15) is 53.9 Å². The van der Waals surface area contributed by atoms with Crippen molar-refractivity contribution in [3.63, 3.8) is 0 Å². The Kier molecular flexibility index (Phi) is 4.44. The zero-order valence-corrected chi connectivity index (χ0v) is 15.6. The van der Waals surface area contributed by atoms with Gasteiger partial charge in [-0.25, -0.2) is 9.67 Å². The van der Waals surface area contributed by atoms with Crippen molar-refractivity contribution in [1.29, 1.82) is 0 Å². The molecule has 3 heterocycles. The van der Waals surface area contributed by atoms with Crippen molar-refractivity contribution in [3.05, 3.63) is 47.0 Å². The van der Waals surface area contributed by atoms with E-state index in [1.165, 1.54) is 11.1 Å². The van der Waals surface area contributed by atoms with Gasteiger partial charge in [-0.15, -0.1) is 0 Å². The van der Waals surface area contributed by atoms with E-state index in [4.69, 9.17) is 14.8 Å². The van der Waals surface area contributed by atoms with E-state index in [0.29, 0.717) is 5.92 Å². The first-order chi connectivity index (χ1) is 13.3. The average Bonchev–Trinajstić information content (AvgIpc) is 3.28. The molecule has 1 aromatic heterocycles. The second-order valence-electron chi connectivity index (χ2n) is 7.86. The Morgan fingerprint density at radius 1 is 1.04 bits per heavy atom. The van der Waals surface area contributed by atoms with Crippen LogP contribution in [0.5, 0.6) is 0 Å². The van der Waals surface area contributed by atoms with Crippen molar-refractivity contribution >= 4 is 5.91 Å². The molecular weight excluding hydrogens is 340 g/mol. The van der Waals surface area contributed by atoms with Gasteiger partial charge in [-0.2, -0.15) is 5.10 Å². The van der Waals surface area contributed by atoms with Gasteiger partial charge < -0.3 is 9.64 Å². The largest absolute Gasteiger partial charge is 0.381 e. The molecule has 5 rings (SSSR count). The highest BCUT2D eigenvalue weighted by molar-refractivity contribution is 5.85. The molecule has 0 bridgehead atoms. The number of hydrogen-bond donors (Lipinski definition) is 0. The zero-order chi connectivity index (χ0) is 18.2. The maximum atomic E-state index is 13.2. The molecule has 142 valence electrons. The molecule has 2 aromatic rings. The minimum absolute atomic E-state index is 0.0254. The van der Waals surface area contributed by atoms with E-state index >= 15 is 0 Å². The summed E-state index contributed by atoms with van der Waals surface area (Å²) >= 11 is 0. The third-order valence-electron chi connectivity index (χ3n) is 6.28. The highest BCUT2D eigenvalue weighted by Gasteiger charge is 2.33. The molecule has 1 atom stereocenters. The summed E-state index contributed by atoms with van der Waals surface area (Å²) in [4.78, 5) is 20.0. The van der Waals surface area contributed by atoms with Crippen LogP contribution >= 0.6 is 0 Å². The highest BCUT2D eigenvalue weighted by atomic mass is 16.5. The molecule has 1 unspecified atom stereocenters. The van der Waals surface area contributed by atoms with Crippen molar-refractivity contribution in [2.24, 2.45) is 0 Å². The summed E-state index contributed by atoms with van der Waals surface area (Å²) in [7, 11) is 0. The van der Waals surface area contributed by atoms with E-state index in [0.717, 1.165) is 76.6 Å². The van der Waals surface area contributed by atoms with E-state index in [-0.39, 0.29) is 11.8 Å². The van der Waals surface area contributed by atoms with Gasteiger partial charge in [0, 0.05) is 38.6 Å². The Morgan fingerprint density at radius 3 is 2.78 bits per heavy atom. The SMILES string of the molecule is O=C(C1CCc2ccccc21)N1CCc2nc(C3CCOCC3)nn2CC1. The Morgan fingerprint density at radius 2 is 1.89 bits per heavy atom. The number of fused-ring (bicyclic) bond motifs is 2. The second-order valence-corrected chi connectivity index (χ2v) is 7.86. The number of aromatic nitrogens is 3. The molecule has 1 aromatic carbocycles. The average molecular weight is 366 g/mol. The monoisotopic (exact) mass is 366 g/mol. The molecule has 1 amide bonds. The lowest BCUT2D eigenvalue weighted by Crippen LogP contribution is -2.37. The van der Waals surface area contributed by atoms with Gasteiger partial charge in [0.25, 0.3) is 0 Å². The van der Waals surface area contributed by atoms with Crippen LogP contribution in [0, 0.1) is 0 Å². The van der Waals surface area contributed by atoms with Crippen molar-refractivity contribution in [2.45, 2.75) is 50.5 Å². The van der Waals surface area contributed by atoms with Gasteiger partial charge in [-0.1, -0.05) is 24.3 Å². The number of amides is 1. The van der Waals surface area contributed by atoms with Crippen LogP contribution in [-0.4, -0.2) is 51.9 Å². The van der Waals surface area contributed by atoms with E-state index in [2.05, 4.69) is 18.2 Å². The summed E-state index contributed by atoms with van der Waals surface area (Å²) in [6.07, 6.45) is 4.75. The molecule has 0 N–H and O–H groups in total. The number of carbonyl (C=O) groups is 1. The highest BCUT2D eigenvalue weighted by Crippen LogP contribution is 2.34. The fraction of sp³-hybridized carbons (Fsp3) is 0.571. The number of ether oxygens (including phenoxy) is 1. The zero-order valence-electron chi connectivity index (χ0n) is 15.6. The van der Waals surface area contributed by atoms with Crippen molar-refractivity contribution in [1.82, 2.24) is 19.7 Å². The molecule has 2 aliphatic heterocycles. The number of hydrogen-bond acceptors (Lipinski definition) is 4. The van der Waals surface area contributed by atoms with Crippen molar-refractivity contribution in [3.8, 4) is 0 Å². The quantitative estimate of drug-likeness (QED) is 0.818. The topological polar surface area (TPSA) is 60.3 Å². The summed E-state index contributed by atoms with van der Waals surface area (Å²) in [6, 6.07) is 8.39. The first-order valence-corrected chi connectivity index (χ1v) is 10.2. The predicted octanol–water partition coefficient (Wildman–Crippen LogP) is 2.29. The van der Waals surface area contributed by atoms with Gasteiger partial charge in [-0.05, 0) is 36.8 Å². The molecule has 1 saturated heterocycles. The molecule has 0 radical (unpaired) electrons. The number of aryl methyl sites for hydroxylation is 1. The summed E-state index contributed by atoms with van der Waals surface area (Å²) in [5.41, 5.74) is 2.56. The lowest BCUT2D eigenvalue weighted by molar-refractivity contribution is -0.132. The first kappa shape index (κ1) is 16.9. The fourth-order valence-corrected chi connectivity index (χ4v) is 4.70. The summed E-state index contributed by atoms with van der Waals surface area (Å²) in [5.74, 6) is 2.72. The van der Waals surface area contributed by atoms with Gasteiger partial charge in [0.2, 0.25) is 5.91 Å². The number of benzene rings is 1. The third-order valence-corrected chi connectivity index (χ3v) is 6.28. The van der Waals surface area contributed by atoms with Crippen LogP contribution in [0.15, 0.2) is 24.3 Å². The summed E-state index contributed by atoms with van der Waals surface area (Å²) in [6.45, 7) is 3.81. The third kappa shape index (κ3) is 3.16. The van der Waals surface area contributed by atoms with E-state index in [9.17, 15) is 4.79 Å². The van der Waals surface area contributed by atoms with Crippen LogP contribution in [0.3, 0.4) is 0 Å². The Labute approximate surface area is 159 Å². The summed E-state index contributed by atoms with van der Waals surface area (Å²) in [5, 5.41) is 4.77. The molecule has 1 fully saturated rings. The van der Waals surface area contributed by atoms with Crippen LogP contribution in [0.4, 0.5) is 0 Å². The molecule has 0 saturated carbocycles. The minimum Gasteiger partial charge on any atom is -0.381 e. The van der Waals surface area contributed by atoms with E-state index in [1.807, 2.05) is 15.6 Å². The number of rotatable bonds is 2. The van der Waals surface area contributed by atoms with Crippen LogP contribution in [0.2, 0.25) is 0 Å². The van der Waals surface area contributed by atoms with Gasteiger partial charge in [-0.3, -0.25) is 4.79 Å². The van der Waals surface area contributed by atoms with Gasteiger partial charge in [0.05, 0.1) is 12.5 Å². The Balaban J connectivity index is 1.28. The molecule has 6 heteroatoms. The summed E-state index contributed by atoms with van der Waals surface area (Å²) < 4.78 is 7.48. The van der Waals surface area contributed by atoms with Crippen molar-refractivity contribution in [2.75, 3.05) is 26.3 Å². The molecule has 1 aliphatic carbocycles. The Bertz CT molecular complexity index is 815. The molecule has 0 spiro atoms. The normalized spacial score (nSPS) is 23.0. The van der Waals surface area contributed by atoms with Gasteiger partial charge in [0.1, 0.15) is 5.82 Å². The predicted molar refractivity (Wildman–Crippen MR) is 101 cm³/mol. The molecule has 6 nitrogen and oxygen atoms in total. The number of nitrogens with zero attached hydrogens (tertiary/aromatic N) is 4. The van der Waals surface area contributed by atoms with Crippen LogP contribution < -0.4 is 0 Å². The molecule has 27 heavy (non-hydrogen) atoms. The smallest absolute Gasteiger partial charge is 0.230 e. The van der Waals surface area contributed by atoms with E-state index < -0.39 is 0 Å². The standard InChI is InChI=1S/C21H26N4O2/c26-21(18-6-5-15-3-1-2-4-17(15)18)24-10-7-19-22-20(23-25(19)12-11-24)16-8-13-27-14-9-16/h1-4,16,18H,5-14H2. The lowest BCUT2D eigenvalue weighted by atomic mass is 9.99. The second kappa shape index (κ2) is 7.08. The lowest BCUT2D eigenvalue weighted by Gasteiger charge is -2.24. The first-order valence-electron chi connectivity index (χ1n) is 10.2. The van der Waals surface area contributed by atoms with Crippen molar-refractivity contribution < 1.29 is 9.53 Å².